The van der Waals surface area contributed by atoms with Crippen LogP contribution in [0.15, 0.2) is 18.2 Å². The Morgan fingerprint density at radius 3 is 2.62 bits per heavy atom. The molecule has 0 saturated carbocycles. The van der Waals surface area contributed by atoms with E-state index in [1.54, 1.807) is 19.1 Å². The summed E-state index contributed by atoms with van der Waals surface area (Å²) < 4.78 is 0. The molecule has 1 N–H and O–H groups in total. The van der Waals surface area contributed by atoms with Crippen LogP contribution in [-0.2, 0) is 0 Å². The molecule has 0 saturated heterocycles. The fraction of sp³-hybridized carbons (Fsp3) is 0.455. The summed E-state index contributed by atoms with van der Waals surface area (Å²) in [7, 11) is 0. The topological polar surface area (TPSA) is 66.6 Å². The second-order valence-corrected chi connectivity index (χ2v) is 3.53. The number of benzene rings is 1. The summed E-state index contributed by atoms with van der Waals surface area (Å²) in [5.74, 6) is 0. The zero-order valence-corrected chi connectivity index (χ0v) is 9.51. The van der Waals surface area contributed by atoms with Gasteiger partial charge < -0.3 is 10.0 Å². The van der Waals surface area contributed by atoms with Gasteiger partial charge in [0.15, 0.2) is 0 Å². The molecule has 1 aromatic carbocycles. The standard InChI is InChI=1S/C11H16N2O3/c1-3-12(6-7-14)10-4-5-11(13(15)16)9(2)8-10/h4-5,8,14H,3,6-7H2,1-2H3. The molecule has 0 aliphatic heterocycles. The van der Waals surface area contributed by atoms with E-state index in [0.29, 0.717) is 12.1 Å². The number of aryl methyl sites for hydroxylation is 1. The smallest absolute Gasteiger partial charge is 0.272 e. The predicted octanol–water partition coefficient (Wildman–Crippen LogP) is 1.72. The lowest BCUT2D eigenvalue weighted by atomic mass is 10.1. The van der Waals surface area contributed by atoms with Crippen LogP contribution < -0.4 is 4.90 Å². The van der Waals surface area contributed by atoms with Gasteiger partial charge in [-0.05, 0) is 26.0 Å². The molecule has 0 spiro atoms. The Morgan fingerprint density at radius 2 is 2.19 bits per heavy atom. The summed E-state index contributed by atoms with van der Waals surface area (Å²) in [6.45, 7) is 5.07. The van der Waals surface area contributed by atoms with Gasteiger partial charge in [-0.25, -0.2) is 0 Å². The summed E-state index contributed by atoms with van der Waals surface area (Å²) in [5.41, 5.74) is 1.67. The number of hydrogen-bond acceptors (Lipinski definition) is 4. The summed E-state index contributed by atoms with van der Waals surface area (Å²) in [6, 6.07) is 4.99. The van der Waals surface area contributed by atoms with Crippen molar-refractivity contribution in [1.29, 1.82) is 0 Å². The molecule has 0 unspecified atom stereocenters. The summed E-state index contributed by atoms with van der Waals surface area (Å²) in [5, 5.41) is 19.5. The average Bonchev–Trinajstić information content (AvgIpc) is 2.25. The maximum absolute atomic E-state index is 10.7. The monoisotopic (exact) mass is 224 g/mol. The highest BCUT2D eigenvalue weighted by atomic mass is 16.6. The summed E-state index contributed by atoms with van der Waals surface area (Å²) in [6.07, 6.45) is 0. The molecule has 88 valence electrons. The molecular formula is C11H16N2O3. The molecule has 0 heterocycles. The van der Waals surface area contributed by atoms with Gasteiger partial charge in [-0.15, -0.1) is 0 Å². The van der Waals surface area contributed by atoms with Crippen LogP contribution in [0.5, 0.6) is 0 Å². The maximum Gasteiger partial charge on any atom is 0.272 e. The quantitative estimate of drug-likeness (QED) is 0.611. The molecule has 0 atom stereocenters. The molecule has 0 amide bonds. The Morgan fingerprint density at radius 1 is 1.50 bits per heavy atom. The van der Waals surface area contributed by atoms with E-state index in [1.807, 2.05) is 11.8 Å². The van der Waals surface area contributed by atoms with Gasteiger partial charge in [-0.3, -0.25) is 10.1 Å². The minimum Gasteiger partial charge on any atom is -0.395 e. The number of hydrogen-bond donors (Lipinski definition) is 1. The molecule has 16 heavy (non-hydrogen) atoms. The van der Waals surface area contributed by atoms with Crippen LogP contribution in [0.4, 0.5) is 11.4 Å². The SMILES string of the molecule is CCN(CCO)c1ccc([N+](=O)[O-])c(C)c1. The van der Waals surface area contributed by atoms with E-state index in [2.05, 4.69) is 0 Å². The molecule has 0 bridgehead atoms. The van der Waals surface area contributed by atoms with Crippen molar-refractivity contribution in [3.63, 3.8) is 0 Å². The number of nitrogens with zero attached hydrogens (tertiary/aromatic N) is 2. The molecule has 1 aromatic rings. The molecule has 0 aliphatic rings. The third-order valence-corrected chi connectivity index (χ3v) is 2.49. The first-order valence-electron chi connectivity index (χ1n) is 5.21. The van der Waals surface area contributed by atoms with E-state index in [0.717, 1.165) is 12.2 Å². The van der Waals surface area contributed by atoms with Gasteiger partial charge in [0.25, 0.3) is 5.69 Å². The van der Waals surface area contributed by atoms with Gasteiger partial charge in [0.2, 0.25) is 0 Å². The van der Waals surface area contributed by atoms with Gasteiger partial charge in [-0.2, -0.15) is 0 Å². The van der Waals surface area contributed by atoms with E-state index in [1.165, 1.54) is 6.07 Å². The number of aliphatic hydroxyl groups excluding tert-OH is 1. The van der Waals surface area contributed by atoms with Crippen molar-refractivity contribution in [2.75, 3.05) is 24.6 Å². The van der Waals surface area contributed by atoms with E-state index in [-0.39, 0.29) is 17.2 Å². The van der Waals surface area contributed by atoms with Crippen molar-refractivity contribution in [3.05, 3.63) is 33.9 Å². The Balaban J connectivity index is 2.99. The van der Waals surface area contributed by atoms with Crippen molar-refractivity contribution < 1.29 is 10.0 Å². The minimum absolute atomic E-state index is 0.0733. The van der Waals surface area contributed by atoms with E-state index < -0.39 is 0 Å². The van der Waals surface area contributed by atoms with E-state index in [4.69, 9.17) is 5.11 Å². The first-order chi connectivity index (χ1) is 7.60. The van der Waals surface area contributed by atoms with Crippen molar-refractivity contribution in [3.8, 4) is 0 Å². The molecule has 1 rings (SSSR count). The second-order valence-electron chi connectivity index (χ2n) is 3.53. The Bertz CT molecular complexity index is 379. The number of likely N-dealkylation sites (N-methyl/N-ethyl adjacent to an activating group) is 1. The lowest BCUT2D eigenvalue weighted by Crippen LogP contribution is -2.26. The minimum atomic E-state index is -0.387. The number of rotatable bonds is 5. The predicted molar refractivity (Wildman–Crippen MR) is 62.8 cm³/mol. The molecule has 0 radical (unpaired) electrons. The number of anilines is 1. The molecule has 0 aliphatic carbocycles. The van der Waals surface area contributed by atoms with Gasteiger partial charge in [0.05, 0.1) is 11.5 Å². The van der Waals surface area contributed by atoms with Crippen LogP contribution in [0.1, 0.15) is 12.5 Å². The largest absolute Gasteiger partial charge is 0.395 e. The molecule has 5 nitrogen and oxygen atoms in total. The molecule has 0 fully saturated rings. The van der Waals surface area contributed by atoms with E-state index in [9.17, 15) is 10.1 Å². The molecular weight excluding hydrogens is 208 g/mol. The van der Waals surface area contributed by atoms with Gasteiger partial charge in [0.1, 0.15) is 0 Å². The van der Waals surface area contributed by atoms with Crippen LogP contribution in [0.2, 0.25) is 0 Å². The van der Waals surface area contributed by atoms with Crippen molar-refractivity contribution in [2.45, 2.75) is 13.8 Å². The zero-order chi connectivity index (χ0) is 12.1. The first kappa shape index (κ1) is 12.4. The third-order valence-electron chi connectivity index (χ3n) is 2.49. The second kappa shape index (κ2) is 5.46. The number of nitro groups is 1. The Labute approximate surface area is 94.5 Å². The van der Waals surface area contributed by atoms with E-state index >= 15 is 0 Å². The Hall–Kier alpha value is -1.62. The van der Waals surface area contributed by atoms with Crippen LogP contribution >= 0.6 is 0 Å². The van der Waals surface area contributed by atoms with Crippen molar-refractivity contribution >= 4 is 11.4 Å². The number of nitro benzene ring substituents is 1. The highest BCUT2D eigenvalue weighted by Gasteiger charge is 2.12. The van der Waals surface area contributed by atoms with Crippen molar-refractivity contribution in [1.82, 2.24) is 0 Å². The average molecular weight is 224 g/mol. The van der Waals surface area contributed by atoms with Crippen LogP contribution in [0.25, 0.3) is 0 Å². The first-order valence-corrected chi connectivity index (χ1v) is 5.21. The van der Waals surface area contributed by atoms with Crippen LogP contribution in [0.3, 0.4) is 0 Å². The lowest BCUT2D eigenvalue weighted by molar-refractivity contribution is -0.385. The Kier molecular flexibility index (Phi) is 4.25. The highest BCUT2D eigenvalue weighted by molar-refractivity contribution is 5.55. The van der Waals surface area contributed by atoms with Gasteiger partial charge in [-0.1, -0.05) is 0 Å². The summed E-state index contributed by atoms with van der Waals surface area (Å²) in [4.78, 5) is 12.2. The third kappa shape index (κ3) is 2.70. The van der Waals surface area contributed by atoms with Crippen LogP contribution in [0, 0.1) is 17.0 Å². The van der Waals surface area contributed by atoms with Gasteiger partial charge >= 0.3 is 0 Å². The fourth-order valence-electron chi connectivity index (χ4n) is 1.63. The van der Waals surface area contributed by atoms with Crippen molar-refractivity contribution in [2.24, 2.45) is 0 Å². The van der Waals surface area contributed by atoms with Crippen LogP contribution in [-0.4, -0.2) is 29.7 Å². The maximum atomic E-state index is 10.7. The zero-order valence-electron chi connectivity index (χ0n) is 9.51. The number of aliphatic hydroxyl groups is 1. The highest BCUT2D eigenvalue weighted by Crippen LogP contribution is 2.23. The molecule has 0 aromatic heterocycles. The van der Waals surface area contributed by atoms with Gasteiger partial charge in [0, 0.05) is 30.4 Å². The fourth-order valence-corrected chi connectivity index (χ4v) is 1.63. The molecule has 5 heteroatoms. The normalized spacial score (nSPS) is 10.2. The lowest BCUT2D eigenvalue weighted by Gasteiger charge is -2.22. The summed E-state index contributed by atoms with van der Waals surface area (Å²) >= 11 is 0.